The zero-order chi connectivity index (χ0) is 14.7. The van der Waals surface area contributed by atoms with Crippen LogP contribution in [0, 0.1) is 5.41 Å². The van der Waals surface area contributed by atoms with E-state index in [4.69, 9.17) is 4.74 Å². The van der Waals surface area contributed by atoms with Crippen molar-refractivity contribution in [1.29, 1.82) is 0 Å². The molecule has 2 aliphatic heterocycles. The summed E-state index contributed by atoms with van der Waals surface area (Å²) in [7, 11) is 2.28. The fraction of sp³-hybridized carbons (Fsp3) is 1.00. The minimum atomic E-state index is 0.453. The van der Waals surface area contributed by atoms with Gasteiger partial charge in [0, 0.05) is 58.0 Å². The third-order valence-electron chi connectivity index (χ3n) is 5.79. The molecule has 3 aliphatic rings. The summed E-state index contributed by atoms with van der Waals surface area (Å²) in [6.45, 7) is 10.4. The maximum atomic E-state index is 5.64. The molecular weight excluding hydrogens is 262 g/mol. The Labute approximate surface area is 130 Å². The van der Waals surface area contributed by atoms with Crippen molar-refractivity contribution in [3.63, 3.8) is 0 Å². The second-order valence-electron chi connectivity index (χ2n) is 7.55. The number of nitrogens with one attached hydrogen (secondary N) is 1. The summed E-state index contributed by atoms with van der Waals surface area (Å²) in [5, 5.41) is 3.80. The monoisotopic (exact) mass is 295 g/mol. The number of nitrogens with zero attached hydrogens (tertiary/aromatic N) is 2. The van der Waals surface area contributed by atoms with E-state index in [9.17, 15) is 0 Å². The molecule has 1 atom stereocenters. The molecule has 0 bridgehead atoms. The molecule has 1 N–H and O–H groups in total. The van der Waals surface area contributed by atoms with Gasteiger partial charge in [0.1, 0.15) is 0 Å². The van der Waals surface area contributed by atoms with Crippen molar-refractivity contribution in [3.05, 3.63) is 0 Å². The summed E-state index contributed by atoms with van der Waals surface area (Å²) < 4.78 is 5.64. The van der Waals surface area contributed by atoms with Crippen molar-refractivity contribution in [3.8, 4) is 0 Å². The van der Waals surface area contributed by atoms with Crippen LogP contribution in [0.15, 0.2) is 0 Å². The van der Waals surface area contributed by atoms with Gasteiger partial charge in [-0.2, -0.15) is 0 Å². The van der Waals surface area contributed by atoms with Gasteiger partial charge in [-0.15, -0.1) is 0 Å². The van der Waals surface area contributed by atoms with E-state index in [-0.39, 0.29) is 0 Å². The van der Waals surface area contributed by atoms with E-state index in [0.29, 0.717) is 5.41 Å². The molecule has 3 rings (SSSR count). The number of ether oxygens (including phenoxy) is 1. The average Bonchev–Trinajstić information content (AvgIpc) is 3.33. The van der Waals surface area contributed by atoms with Crippen LogP contribution in [0.5, 0.6) is 0 Å². The fourth-order valence-corrected chi connectivity index (χ4v) is 3.91. The highest BCUT2D eigenvalue weighted by atomic mass is 16.5. The van der Waals surface area contributed by atoms with Crippen molar-refractivity contribution < 1.29 is 4.74 Å². The smallest absolute Gasteiger partial charge is 0.0472 e. The van der Waals surface area contributed by atoms with Crippen LogP contribution < -0.4 is 5.32 Å². The van der Waals surface area contributed by atoms with Crippen LogP contribution in [0.25, 0.3) is 0 Å². The molecule has 0 aromatic carbocycles. The van der Waals surface area contributed by atoms with Crippen molar-refractivity contribution in [1.82, 2.24) is 15.1 Å². The quantitative estimate of drug-likeness (QED) is 0.805. The van der Waals surface area contributed by atoms with Gasteiger partial charge in [0.25, 0.3) is 0 Å². The van der Waals surface area contributed by atoms with Gasteiger partial charge in [0.05, 0.1) is 0 Å². The molecule has 2 heterocycles. The highest BCUT2D eigenvalue weighted by molar-refractivity contribution is 4.92. The lowest BCUT2D eigenvalue weighted by molar-refractivity contribution is -0.0183. The van der Waals surface area contributed by atoms with Gasteiger partial charge in [0.2, 0.25) is 0 Å². The first-order valence-corrected chi connectivity index (χ1v) is 8.94. The molecule has 21 heavy (non-hydrogen) atoms. The van der Waals surface area contributed by atoms with Crippen LogP contribution in [-0.4, -0.2) is 74.9 Å². The van der Waals surface area contributed by atoms with Crippen molar-refractivity contribution in [2.75, 3.05) is 53.0 Å². The van der Waals surface area contributed by atoms with Crippen LogP contribution in [0.4, 0.5) is 0 Å². The van der Waals surface area contributed by atoms with Gasteiger partial charge in [-0.1, -0.05) is 6.92 Å². The third-order valence-corrected chi connectivity index (χ3v) is 5.79. The molecule has 0 aromatic heterocycles. The minimum absolute atomic E-state index is 0.453. The summed E-state index contributed by atoms with van der Waals surface area (Å²) >= 11 is 0. The zero-order valence-corrected chi connectivity index (χ0v) is 13.9. The number of piperazine rings is 1. The summed E-state index contributed by atoms with van der Waals surface area (Å²) in [6, 6.07) is 1.56. The summed E-state index contributed by atoms with van der Waals surface area (Å²) in [4.78, 5) is 5.27. The predicted molar refractivity (Wildman–Crippen MR) is 86.7 cm³/mol. The van der Waals surface area contributed by atoms with E-state index in [2.05, 4.69) is 29.1 Å². The molecule has 0 radical (unpaired) electrons. The van der Waals surface area contributed by atoms with Crippen molar-refractivity contribution in [2.45, 2.75) is 51.1 Å². The highest BCUT2D eigenvalue weighted by Gasteiger charge is 2.37. The maximum absolute atomic E-state index is 5.64. The predicted octanol–water partition coefficient (Wildman–Crippen LogP) is 1.56. The van der Waals surface area contributed by atoms with E-state index in [1.807, 2.05) is 0 Å². The highest BCUT2D eigenvalue weighted by Crippen LogP contribution is 2.33. The molecule has 2 saturated heterocycles. The van der Waals surface area contributed by atoms with Gasteiger partial charge in [-0.05, 0) is 44.6 Å². The van der Waals surface area contributed by atoms with Crippen LogP contribution in [-0.2, 0) is 4.74 Å². The number of rotatable bonds is 6. The maximum Gasteiger partial charge on any atom is 0.0472 e. The van der Waals surface area contributed by atoms with Gasteiger partial charge >= 0.3 is 0 Å². The Kier molecular flexibility index (Phi) is 5.20. The van der Waals surface area contributed by atoms with E-state index in [0.717, 1.165) is 25.3 Å². The number of hydrogen-bond donors (Lipinski definition) is 1. The van der Waals surface area contributed by atoms with Crippen LogP contribution in [0.3, 0.4) is 0 Å². The summed E-state index contributed by atoms with van der Waals surface area (Å²) in [5.74, 6) is 0. The molecule has 1 saturated carbocycles. The van der Waals surface area contributed by atoms with Crippen LogP contribution >= 0.6 is 0 Å². The van der Waals surface area contributed by atoms with Crippen LogP contribution in [0.1, 0.15) is 39.0 Å². The molecule has 0 aromatic rings. The zero-order valence-electron chi connectivity index (χ0n) is 13.9. The Bertz CT molecular complexity index is 326. The molecule has 4 nitrogen and oxygen atoms in total. The Morgan fingerprint density at radius 1 is 1.19 bits per heavy atom. The first-order chi connectivity index (χ1) is 10.2. The molecule has 3 fully saturated rings. The van der Waals surface area contributed by atoms with E-state index in [1.165, 1.54) is 64.8 Å². The van der Waals surface area contributed by atoms with Gasteiger partial charge in [0.15, 0.2) is 0 Å². The van der Waals surface area contributed by atoms with Crippen molar-refractivity contribution >= 4 is 0 Å². The topological polar surface area (TPSA) is 27.7 Å². The average molecular weight is 295 g/mol. The first kappa shape index (κ1) is 15.7. The fourth-order valence-electron chi connectivity index (χ4n) is 3.91. The first-order valence-electron chi connectivity index (χ1n) is 8.94. The lowest BCUT2D eigenvalue weighted by atomic mass is 9.79. The summed E-state index contributed by atoms with van der Waals surface area (Å²) in [6.07, 6.45) is 6.51. The van der Waals surface area contributed by atoms with Gasteiger partial charge < -0.3 is 15.0 Å². The molecule has 1 aliphatic carbocycles. The normalized spacial score (nSPS) is 31.4. The third kappa shape index (κ3) is 4.19. The molecule has 1 unspecified atom stereocenters. The Balaban J connectivity index is 1.57. The van der Waals surface area contributed by atoms with Crippen molar-refractivity contribution in [2.24, 2.45) is 5.41 Å². The minimum Gasteiger partial charge on any atom is -0.381 e. The van der Waals surface area contributed by atoms with Crippen LogP contribution in [0.2, 0.25) is 0 Å². The second kappa shape index (κ2) is 6.95. The van der Waals surface area contributed by atoms with E-state index < -0.39 is 0 Å². The second-order valence-corrected chi connectivity index (χ2v) is 7.55. The van der Waals surface area contributed by atoms with E-state index >= 15 is 0 Å². The molecule has 0 amide bonds. The van der Waals surface area contributed by atoms with E-state index in [1.54, 1.807) is 0 Å². The molecule has 4 heteroatoms. The van der Waals surface area contributed by atoms with Gasteiger partial charge in [-0.3, -0.25) is 4.90 Å². The Morgan fingerprint density at radius 2 is 1.95 bits per heavy atom. The summed E-state index contributed by atoms with van der Waals surface area (Å²) in [5.41, 5.74) is 0.453. The molecule has 122 valence electrons. The Morgan fingerprint density at radius 3 is 2.62 bits per heavy atom. The molecule has 0 spiro atoms. The lowest BCUT2D eigenvalue weighted by Crippen LogP contribution is -2.56. The number of hydrogen-bond acceptors (Lipinski definition) is 4. The van der Waals surface area contributed by atoms with Gasteiger partial charge in [-0.25, -0.2) is 0 Å². The largest absolute Gasteiger partial charge is 0.381 e. The molecular formula is C17H33N3O. The lowest BCUT2D eigenvalue weighted by Gasteiger charge is -2.46. The Hall–Kier alpha value is -0.160. The standard InChI is InChI=1S/C17H33N3O/c1-3-16-12-20(9-8-19(16)2)14-17(6-10-21-11-7-17)13-18-15-4-5-15/h15-16,18H,3-14H2,1-2H3. The number of likely N-dealkylation sites (N-methyl/N-ethyl adjacent to an activating group) is 1. The SMILES string of the molecule is CCC1CN(CC2(CNC3CC3)CCOCC2)CCN1C.